The molecule has 1 unspecified atom stereocenters. The van der Waals surface area contributed by atoms with E-state index in [0.29, 0.717) is 6.42 Å². The van der Waals surface area contributed by atoms with Crippen LogP contribution in [0.15, 0.2) is 12.2 Å². The third-order valence-corrected chi connectivity index (χ3v) is 4.71. The molecule has 0 amide bonds. The van der Waals surface area contributed by atoms with Crippen molar-refractivity contribution in [1.82, 2.24) is 0 Å². The molecule has 0 saturated heterocycles. The number of aliphatic carboxylic acids is 1. The highest BCUT2D eigenvalue weighted by Gasteiger charge is 2.08. The van der Waals surface area contributed by atoms with E-state index in [9.17, 15) is 9.90 Å². The zero-order chi connectivity index (χ0) is 18.6. The van der Waals surface area contributed by atoms with Crippen LogP contribution in [0.3, 0.4) is 0 Å². The molecule has 0 spiro atoms. The number of carbonyl (C=O) groups is 1. The van der Waals surface area contributed by atoms with Crippen molar-refractivity contribution in [2.45, 2.75) is 122 Å². The summed E-state index contributed by atoms with van der Waals surface area (Å²) >= 11 is 0. The smallest absolute Gasteiger partial charge is 0.305 e. The minimum Gasteiger partial charge on any atom is -0.481 e. The first-order valence-electron chi connectivity index (χ1n) is 10.7. The number of aliphatic hydroxyl groups is 1. The van der Waals surface area contributed by atoms with Gasteiger partial charge < -0.3 is 10.2 Å². The molecule has 1 atom stereocenters. The minimum atomic E-state index is -0.909. The lowest BCUT2D eigenvalue weighted by atomic mass is 10.0. The Balaban J connectivity index is 3.15. The first-order chi connectivity index (χ1) is 12.2. The molecule has 148 valence electrons. The highest BCUT2D eigenvalue weighted by molar-refractivity contribution is 5.67. The minimum absolute atomic E-state index is 0.119. The number of allylic oxidation sites excluding steroid dienone is 2. The number of carboxylic acids is 1. The van der Waals surface area contributed by atoms with Crippen molar-refractivity contribution in [1.29, 1.82) is 0 Å². The maximum Gasteiger partial charge on any atom is 0.305 e. The van der Waals surface area contributed by atoms with Crippen LogP contribution in [-0.2, 0) is 4.79 Å². The van der Waals surface area contributed by atoms with Crippen molar-refractivity contribution in [3.63, 3.8) is 0 Å². The highest BCUT2D eigenvalue weighted by atomic mass is 16.4. The first kappa shape index (κ1) is 24.2. The monoisotopic (exact) mass is 354 g/mol. The second-order valence-electron chi connectivity index (χ2n) is 7.33. The molecule has 0 heterocycles. The van der Waals surface area contributed by atoms with Gasteiger partial charge in [-0.25, -0.2) is 0 Å². The molecule has 0 rings (SSSR count). The molecule has 3 heteroatoms. The van der Waals surface area contributed by atoms with Gasteiger partial charge in [-0.2, -0.15) is 0 Å². The van der Waals surface area contributed by atoms with E-state index < -0.39 is 12.1 Å². The summed E-state index contributed by atoms with van der Waals surface area (Å²) in [5.74, 6) is -0.909. The van der Waals surface area contributed by atoms with Crippen LogP contribution in [0.25, 0.3) is 0 Å². The van der Waals surface area contributed by atoms with E-state index in [1.165, 1.54) is 83.5 Å². The van der Waals surface area contributed by atoms with Gasteiger partial charge in [0.25, 0.3) is 0 Å². The molecule has 25 heavy (non-hydrogen) atoms. The summed E-state index contributed by atoms with van der Waals surface area (Å²) in [4.78, 5) is 10.4. The molecule has 0 radical (unpaired) electrons. The Bertz CT molecular complexity index is 312. The van der Waals surface area contributed by atoms with Crippen LogP contribution in [0.4, 0.5) is 0 Å². The van der Waals surface area contributed by atoms with E-state index in [0.717, 1.165) is 12.8 Å². The van der Waals surface area contributed by atoms with E-state index >= 15 is 0 Å². The number of hydrogen-bond donors (Lipinski definition) is 2. The summed E-state index contributed by atoms with van der Waals surface area (Å²) in [6.07, 6.45) is 23.7. The number of rotatable bonds is 19. The highest BCUT2D eigenvalue weighted by Crippen LogP contribution is 2.12. The Morgan fingerprint density at radius 1 is 0.760 bits per heavy atom. The molecule has 0 aromatic heterocycles. The maximum absolute atomic E-state index is 10.4. The van der Waals surface area contributed by atoms with Gasteiger partial charge in [-0.05, 0) is 32.1 Å². The normalized spacial score (nSPS) is 12.7. The van der Waals surface area contributed by atoms with Crippen molar-refractivity contribution in [2.24, 2.45) is 0 Å². The average molecular weight is 355 g/mol. The lowest BCUT2D eigenvalue weighted by Crippen LogP contribution is -2.12. The summed E-state index contributed by atoms with van der Waals surface area (Å²) in [7, 11) is 0. The molecule has 0 aliphatic rings. The Labute approximate surface area is 155 Å². The molecule has 0 aliphatic carbocycles. The fraction of sp³-hybridized carbons (Fsp3) is 0.864. The van der Waals surface area contributed by atoms with E-state index in [-0.39, 0.29) is 6.42 Å². The zero-order valence-electron chi connectivity index (χ0n) is 16.6. The van der Waals surface area contributed by atoms with E-state index in [4.69, 9.17) is 5.11 Å². The number of hydrogen-bond acceptors (Lipinski definition) is 2. The van der Waals surface area contributed by atoms with Gasteiger partial charge >= 0.3 is 5.97 Å². The van der Waals surface area contributed by atoms with Crippen LogP contribution in [0.5, 0.6) is 0 Å². The maximum atomic E-state index is 10.4. The molecule has 2 N–H and O–H groups in total. The molecule has 3 nitrogen and oxygen atoms in total. The second-order valence-corrected chi connectivity index (χ2v) is 7.33. The lowest BCUT2D eigenvalue weighted by Gasteiger charge is -2.07. The summed E-state index contributed by atoms with van der Waals surface area (Å²) in [5, 5.41) is 18.0. The second kappa shape index (κ2) is 19.5. The SMILES string of the molecule is CCCCCCCCC=CCCCCCCCCCC(O)CC(=O)O. The fourth-order valence-corrected chi connectivity index (χ4v) is 3.11. The lowest BCUT2D eigenvalue weighted by molar-refractivity contribution is -0.139. The Morgan fingerprint density at radius 2 is 1.20 bits per heavy atom. The van der Waals surface area contributed by atoms with E-state index in [1.807, 2.05) is 0 Å². The molecular formula is C22H42O3. The van der Waals surface area contributed by atoms with Gasteiger partial charge in [-0.15, -0.1) is 0 Å². The predicted octanol–water partition coefficient (Wildman–Crippen LogP) is 6.64. The van der Waals surface area contributed by atoms with Crippen molar-refractivity contribution in [3.05, 3.63) is 12.2 Å². The van der Waals surface area contributed by atoms with Crippen molar-refractivity contribution in [2.75, 3.05) is 0 Å². The Morgan fingerprint density at radius 3 is 1.68 bits per heavy atom. The summed E-state index contributed by atoms with van der Waals surface area (Å²) in [5.41, 5.74) is 0. The third-order valence-electron chi connectivity index (χ3n) is 4.71. The van der Waals surface area contributed by atoms with Gasteiger partial charge in [0.05, 0.1) is 12.5 Å². The Kier molecular flexibility index (Phi) is 18.8. The predicted molar refractivity (Wildman–Crippen MR) is 107 cm³/mol. The molecule has 0 aliphatic heterocycles. The third kappa shape index (κ3) is 21.1. The number of unbranched alkanes of at least 4 members (excludes halogenated alkanes) is 13. The van der Waals surface area contributed by atoms with Gasteiger partial charge in [-0.3, -0.25) is 4.79 Å². The van der Waals surface area contributed by atoms with Gasteiger partial charge in [0.1, 0.15) is 0 Å². The molecule has 0 saturated carbocycles. The summed E-state index contributed by atoms with van der Waals surface area (Å²) in [6.45, 7) is 2.26. The van der Waals surface area contributed by atoms with Crippen LogP contribution in [-0.4, -0.2) is 22.3 Å². The van der Waals surface area contributed by atoms with Crippen LogP contribution in [0.2, 0.25) is 0 Å². The number of aliphatic hydroxyl groups excluding tert-OH is 1. The zero-order valence-corrected chi connectivity index (χ0v) is 16.6. The van der Waals surface area contributed by atoms with Crippen molar-refractivity contribution >= 4 is 5.97 Å². The standard InChI is InChI=1S/C22H42O3/c1-2-3-4-5-6-7-8-9-10-11-12-13-14-15-16-17-18-19-21(23)20-22(24)25/h9-10,21,23H,2-8,11-20H2,1H3,(H,24,25). The summed E-state index contributed by atoms with van der Waals surface area (Å²) < 4.78 is 0. The van der Waals surface area contributed by atoms with Crippen molar-refractivity contribution < 1.29 is 15.0 Å². The van der Waals surface area contributed by atoms with Gasteiger partial charge in [0.15, 0.2) is 0 Å². The fourth-order valence-electron chi connectivity index (χ4n) is 3.11. The van der Waals surface area contributed by atoms with Crippen molar-refractivity contribution in [3.8, 4) is 0 Å². The van der Waals surface area contributed by atoms with Crippen LogP contribution >= 0.6 is 0 Å². The van der Waals surface area contributed by atoms with Crippen LogP contribution in [0, 0.1) is 0 Å². The van der Waals surface area contributed by atoms with Crippen LogP contribution in [0.1, 0.15) is 116 Å². The summed E-state index contributed by atoms with van der Waals surface area (Å²) in [6, 6.07) is 0. The van der Waals surface area contributed by atoms with E-state index in [1.54, 1.807) is 0 Å². The Hall–Kier alpha value is -0.830. The van der Waals surface area contributed by atoms with Gasteiger partial charge in [-0.1, -0.05) is 89.7 Å². The average Bonchev–Trinajstić information content (AvgIpc) is 2.57. The molecule has 0 aromatic carbocycles. The molecular weight excluding hydrogens is 312 g/mol. The molecule has 0 fully saturated rings. The van der Waals surface area contributed by atoms with Gasteiger partial charge in [0.2, 0.25) is 0 Å². The first-order valence-corrected chi connectivity index (χ1v) is 10.7. The number of carboxylic acid groups (broad SMARTS) is 1. The van der Waals surface area contributed by atoms with E-state index in [2.05, 4.69) is 19.1 Å². The van der Waals surface area contributed by atoms with Gasteiger partial charge in [0, 0.05) is 0 Å². The molecule has 0 bridgehead atoms. The molecule has 0 aromatic rings. The van der Waals surface area contributed by atoms with Crippen LogP contribution < -0.4 is 0 Å². The quantitative estimate of drug-likeness (QED) is 0.202. The topological polar surface area (TPSA) is 57.5 Å². The largest absolute Gasteiger partial charge is 0.481 e.